The number of aromatic carboxylic acids is 1. The van der Waals surface area contributed by atoms with Crippen molar-refractivity contribution in [1.29, 1.82) is 0 Å². The van der Waals surface area contributed by atoms with Gasteiger partial charge < -0.3 is 14.6 Å². The lowest BCUT2D eigenvalue weighted by Gasteiger charge is -2.11. The Labute approximate surface area is 123 Å². The summed E-state index contributed by atoms with van der Waals surface area (Å²) in [5.74, 6) is 0.573. The molecule has 0 atom stereocenters. The van der Waals surface area contributed by atoms with Crippen LogP contribution < -0.4 is 9.47 Å². The summed E-state index contributed by atoms with van der Waals surface area (Å²) in [6, 6.07) is 14.1. The number of carboxylic acid groups (broad SMARTS) is 1. The Morgan fingerprint density at radius 2 is 1.76 bits per heavy atom. The quantitative estimate of drug-likeness (QED) is 0.878. The molecule has 0 aromatic heterocycles. The lowest BCUT2D eigenvalue weighted by Crippen LogP contribution is -2.05. The van der Waals surface area contributed by atoms with Crippen molar-refractivity contribution >= 4 is 5.97 Å². The molecule has 0 aliphatic heterocycles. The van der Waals surface area contributed by atoms with Crippen molar-refractivity contribution in [3.8, 4) is 11.5 Å². The second-order valence-corrected chi connectivity index (χ2v) is 4.93. The van der Waals surface area contributed by atoms with Gasteiger partial charge in [-0.05, 0) is 55.8 Å². The number of benzene rings is 2. The Hall–Kier alpha value is -2.49. The van der Waals surface area contributed by atoms with E-state index in [9.17, 15) is 4.79 Å². The topological polar surface area (TPSA) is 55.8 Å². The van der Waals surface area contributed by atoms with Crippen LogP contribution in [0.4, 0.5) is 0 Å². The van der Waals surface area contributed by atoms with Gasteiger partial charge in [0, 0.05) is 0 Å². The van der Waals surface area contributed by atoms with Crippen LogP contribution >= 0.6 is 0 Å². The fraction of sp³-hybridized carbons (Fsp3) is 0.235. The molecule has 21 heavy (non-hydrogen) atoms. The van der Waals surface area contributed by atoms with E-state index in [0.29, 0.717) is 12.4 Å². The molecular weight excluding hydrogens is 268 g/mol. The van der Waals surface area contributed by atoms with Crippen LogP contribution in [0.1, 0.15) is 29.8 Å². The van der Waals surface area contributed by atoms with E-state index in [2.05, 4.69) is 0 Å². The molecule has 0 spiro atoms. The second kappa shape index (κ2) is 6.79. The molecule has 0 aliphatic carbocycles. The van der Waals surface area contributed by atoms with Gasteiger partial charge in [-0.15, -0.1) is 0 Å². The molecule has 2 aromatic rings. The summed E-state index contributed by atoms with van der Waals surface area (Å²) in [4.78, 5) is 10.9. The number of rotatable bonds is 6. The molecule has 0 fully saturated rings. The van der Waals surface area contributed by atoms with Crippen LogP contribution in [0.15, 0.2) is 48.5 Å². The Morgan fingerprint density at radius 1 is 1.10 bits per heavy atom. The molecule has 0 bridgehead atoms. The van der Waals surface area contributed by atoms with Crippen molar-refractivity contribution in [1.82, 2.24) is 0 Å². The minimum Gasteiger partial charge on any atom is -0.491 e. The van der Waals surface area contributed by atoms with Gasteiger partial charge >= 0.3 is 5.97 Å². The average molecular weight is 286 g/mol. The molecule has 0 aliphatic rings. The molecule has 0 saturated carbocycles. The predicted octanol–water partition coefficient (Wildman–Crippen LogP) is 3.75. The normalized spacial score (nSPS) is 10.4. The van der Waals surface area contributed by atoms with E-state index in [4.69, 9.17) is 14.6 Å². The van der Waals surface area contributed by atoms with Crippen LogP contribution in [0.3, 0.4) is 0 Å². The molecule has 0 radical (unpaired) electrons. The maximum Gasteiger partial charge on any atom is 0.335 e. The summed E-state index contributed by atoms with van der Waals surface area (Å²) >= 11 is 0. The molecule has 2 rings (SSSR count). The molecule has 4 heteroatoms. The zero-order valence-electron chi connectivity index (χ0n) is 12.1. The van der Waals surface area contributed by atoms with Gasteiger partial charge in [-0.3, -0.25) is 0 Å². The first-order chi connectivity index (χ1) is 10.0. The van der Waals surface area contributed by atoms with Gasteiger partial charge in [-0.1, -0.05) is 12.1 Å². The first-order valence-corrected chi connectivity index (χ1v) is 6.76. The van der Waals surface area contributed by atoms with Gasteiger partial charge in [0.25, 0.3) is 0 Å². The average Bonchev–Trinajstić information content (AvgIpc) is 2.46. The highest BCUT2D eigenvalue weighted by atomic mass is 16.5. The van der Waals surface area contributed by atoms with Crippen molar-refractivity contribution in [2.45, 2.75) is 26.6 Å². The highest BCUT2D eigenvalue weighted by molar-refractivity contribution is 5.87. The maximum atomic E-state index is 10.9. The van der Waals surface area contributed by atoms with Crippen molar-refractivity contribution in [2.75, 3.05) is 0 Å². The molecule has 4 nitrogen and oxygen atoms in total. The fourth-order valence-electron chi connectivity index (χ4n) is 1.85. The summed E-state index contributed by atoms with van der Waals surface area (Å²) in [6.45, 7) is 4.27. The Balaban J connectivity index is 1.96. The molecule has 0 heterocycles. The molecule has 2 aromatic carbocycles. The van der Waals surface area contributed by atoms with Crippen molar-refractivity contribution < 1.29 is 19.4 Å². The van der Waals surface area contributed by atoms with Gasteiger partial charge in [0.15, 0.2) is 0 Å². The van der Waals surface area contributed by atoms with E-state index in [-0.39, 0.29) is 11.7 Å². The van der Waals surface area contributed by atoms with Gasteiger partial charge in [-0.2, -0.15) is 0 Å². The number of hydrogen-bond donors (Lipinski definition) is 1. The molecule has 0 amide bonds. The minimum atomic E-state index is -0.938. The van der Waals surface area contributed by atoms with Crippen molar-refractivity contribution in [2.24, 2.45) is 0 Å². The maximum absolute atomic E-state index is 10.9. The molecule has 0 unspecified atom stereocenters. The highest BCUT2D eigenvalue weighted by Crippen LogP contribution is 2.19. The number of carboxylic acids is 1. The number of ether oxygens (including phenoxy) is 2. The van der Waals surface area contributed by atoms with Gasteiger partial charge in [0.1, 0.15) is 18.1 Å². The zero-order chi connectivity index (χ0) is 15.2. The SMILES string of the molecule is CC(C)Oc1ccc(OCc2cccc(C(=O)O)c2)cc1. The van der Waals surface area contributed by atoms with Crippen LogP contribution in [0.2, 0.25) is 0 Å². The van der Waals surface area contributed by atoms with Crippen LogP contribution in [0, 0.1) is 0 Å². The summed E-state index contributed by atoms with van der Waals surface area (Å²) in [7, 11) is 0. The van der Waals surface area contributed by atoms with Crippen molar-refractivity contribution in [3.05, 3.63) is 59.7 Å². The van der Waals surface area contributed by atoms with Crippen molar-refractivity contribution in [3.63, 3.8) is 0 Å². The Morgan fingerprint density at radius 3 is 2.38 bits per heavy atom. The van der Waals surface area contributed by atoms with E-state index in [1.54, 1.807) is 18.2 Å². The summed E-state index contributed by atoms with van der Waals surface area (Å²) < 4.78 is 11.2. The Bertz CT molecular complexity index is 602. The van der Waals surface area contributed by atoms with E-state index >= 15 is 0 Å². The van der Waals surface area contributed by atoms with Crippen LogP contribution in [0.5, 0.6) is 11.5 Å². The summed E-state index contributed by atoms with van der Waals surface area (Å²) in [6.07, 6.45) is 0.135. The standard InChI is InChI=1S/C17H18O4/c1-12(2)21-16-8-6-15(7-9-16)20-11-13-4-3-5-14(10-13)17(18)19/h3-10,12H,11H2,1-2H3,(H,18,19). The lowest BCUT2D eigenvalue weighted by molar-refractivity contribution is 0.0696. The largest absolute Gasteiger partial charge is 0.491 e. The van der Waals surface area contributed by atoms with Crippen LogP contribution in [-0.2, 0) is 6.61 Å². The summed E-state index contributed by atoms with van der Waals surface area (Å²) in [5, 5.41) is 8.94. The molecule has 110 valence electrons. The van der Waals surface area contributed by atoms with Gasteiger partial charge in [0.2, 0.25) is 0 Å². The van der Waals surface area contributed by atoms with E-state index in [1.807, 2.05) is 44.2 Å². The van der Waals surface area contributed by atoms with E-state index in [0.717, 1.165) is 11.3 Å². The second-order valence-electron chi connectivity index (χ2n) is 4.93. The van der Waals surface area contributed by atoms with E-state index in [1.165, 1.54) is 0 Å². The Kier molecular flexibility index (Phi) is 4.82. The number of hydrogen-bond acceptors (Lipinski definition) is 3. The monoisotopic (exact) mass is 286 g/mol. The third-order valence-electron chi connectivity index (χ3n) is 2.77. The number of carbonyl (C=O) groups is 1. The fourth-order valence-corrected chi connectivity index (χ4v) is 1.85. The first kappa shape index (κ1) is 14.9. The first-order valence-electron chi connectivity index (χ1n) is 6.76. The summed E-state index contributed by atoms with van der Waals surface area (Å²) in [5.41, 5.74) is 1.08. The molecular formula is C17H18O4. The molecule has 1 N–H and O–H groups in total. The third kappa shape index (κ3) is 4.53. The highest BCUT2D eigenvalue weighted by Gasteiger charge is 2.04. The molecule has 0 saturated heterocycles. The zero-order valence-corrected chi connectivity index (χ0v) is 12.1. The van der Waals surface area contributed by atoms with Gasteiger partial charge in [-0.25, -0.2) is 4.79 Å². The minimum absolute atomic E-state index is 0.135. The smallest absolute Gasteiger partial charge is 0.335 e. The third-order valence-corrected chi connectivity index (χ3v) is 2.77. The van der Waals surface area contributed by atoms with Gasteiger partial charge in [0.05, 0.1) is 11.7 Å². The van der Waals surface area contributed by atoms with E-state index < -0.39 is 5.97 Å². The predicted molar refractivity (Wildman–Crippen MR) is 79.9 cm³/mol. The lowest BCUT2D eigenvalue weighted by atomic mass is 10.1. The van der Waals surface area contributed by atoms with Crippen LogP contribution in [-0.4, -0.2) is 17.2 Å². The van der Waals surface area contributed by atoms with Crippen LogP contribution in [0.25, 0.3) is 0 Å².